The van der Waals surface area contributed by atoms with E-state index in [1.807, 2.05) is 43.3 Å². The van der Waals surface area contributed by atoms with Crippen LogP contribution >= 0.6 is 23.2 Å². The summed E-state index contributed by atoms with van der Waals surface area (Å²) < 4.78 is 0. The summed E-state index contributed by atoms with van der Waals surface area (Å²) in [6.07, 6.45) is 0. The summed E-state index contributed by atoms with van der Waals surface area (Å²) in [7, 11) is 3.76. The summed E-state index contributed by atoms with van der Waals surface area (Å²) in [4.78, 5) is 14.2. The van der Waals surface area contributed by atoms with Gasteiger partial charge >= 0.3 is 0 Å². The number of halogens is 2. The van der Waals surface area contributed by atoms with Crippen LogP contribution < -0.4 is 10.2 Å². The van der Waals surface area contributed by atoms with Gasteiger partial charge in [0.1, 0.15) is 0 Å². The van der Waals surface area contributed by atoms with Crippen molar-refractivity contribution in [1.82, 2.24) is 0 Å². The molecule has 0 saturated carbocycles. The molecular weight excluding hydrogens is 307 g/mol. The maximum Gasteiger partial charge on any atom is 0.255 e. The SMILES string of the molecule is CN(C)c1c(Cl)cccc1NC(=O)c1ccc(CCl)cc1. The Morgan fingerprint density at radius 1 is 1.14 bits per heavy atom. The first-order valence-electron chi connectivity index (χ1n) is 6.45. The molecule has 1 amide bonds. The lowest BCUT2D eigenvalue weighted by Crippen LogP contribution is -2.17. The van der Waals surface area contributed by atoms with Crippen LogP contribution in [0.1, 0.15) is 15.9 Å². The van der Waals surface area contributed by atoms with Crippen LogP contribution in [0.25, 0.3) is 0 Å². The van der Waals surface area contributed by atoms with Crippen LogP contribution in [0.5, 0.6) is 0 Å². The zero-order valence-corrected chi connectivity index (χ0v) is 13.4. The summed E-state index contributed by atoms with van der Waals surface area (Å²) in [5.41, 5.74) is 3.02. The normalized spacial score (nSPS) is 10.3. The van der Waals surface area contributed by atoms with Gasteiger partial charge in [-0.3, -0.25) is 4.79 Å². The van der Waals surface area contributed by atoms with E-state index in [4.69, 9.17) is 23.2 Å². The van der Waals surface area contributed by atoms with Crippen LogP contribution in [0, 0.1) is 0 Å². The monoisotopic (exact) mass is 322 g/mol. The Balaban J connectivity index is 2.25. The fourth-order valence-electron chi connectivity index (χ4n) is 2.01. The van der Waals surface area contributed by atoms with E-state index >= 15 is 0 Å². The first-order chi connectivity index (χ1) is 10.0. The molecule has 110 valence electrons. The maximum absolute atomic E-state index is 12.3. The van der Waals surface area contributed by atoms with Crippen molar-refractivity contribution in [2.75, 3.05) is 24.3 Å². The second-order valence-electron chi connectivity index (χ2n) is 4.82. The molecule has 0 aliphatic rings. The molecule has 5 heteroatoms. The van der Waals surface area contributed by atoms with Crippen molar-refractivity contribution in [3.8, 4) is 0 Å². The van der Waals surface area contributed by atoms with Crippen molar-refractivity contribution < 1.29 is 4.79 Å². The number of hydrogen-bond donors (Lipinski definition) is 1. The summed E-state index contributed by atoms with van der Waals surface area (Å²) in [6.45, 7) is 0. The maximum atomic E-state index is 12.3. The van der Waals surface area contributed by atoms with Crippen LogP contribution in [0.2, 0.25) is 5.02 Å². The van der Waals surface area contributed by atoms with Gasteiger partial charge in [-0.15, -0.1) is 11.6 Å². The van der Waals surface area contributed by atoms with Crippen LogP contribution in [0.15, 0.2) is 42.5 Å². The minimum absolute atomic E-state index is 0.179. The highest BCUT2D eigenvalue weighted by atomic mass is 35.5. The molecule has 2 aromatic carbocycles. The predicted octanol–water partition coefficient (Wildman–Crippen LogP) is 4.40. The lowest BCUT2D eigenvalue weighted by atomic mass is 10.1. The highest BCUT2D eigenvalue weighted by Gasteiger charge is 2.12. The molecule has 0 radical (unpaired) electrons. The minimum atomic E-state index is -0.179. The number of benzene rings is 2. The standard InChI is InChI=1S/C16H16Cl2N2O/c1-20(2)15-13(18)4-3-5-14(15)19-16(21)12-8-6-11(10-17)7-9-12/h3-9H,10H2,1-2H3,(H,19,21). The Bertz CT molecular complexity index is 639. The predicted molar refractivity (Wildman–Crippen MR) is 89.7 cm³/mol. The van der Waals surface area contributed by atoms with Gasteiger partial charge in [0.05, 0.1) is 16.4 Å². The summed E-state index contributed by atoms with van der Waals surface area (Å²) >= 11 is 11.9. The highest BCUT2D eigenvalue weighted by molar-refractivity contribution is 6.34. The molecule has 0 saturated heterocycles. The van der Waals surface area contributed by atoms with Gasteiger partial charge in [-0.1, -0.05) is 29.8 Å². The molecule has 21 heavy (non-hydrogen) atoms. The third kappa shape index (κ3) is 3.69. The van der Waals surface area contributed by atoms with E-state index in [1.165, 1.54) is 0 Å². The molecule has 0 bridgehead atoms. The summed E-state index contributed by atoms with van der Waals surface area (Å²) in [5, 5.41) is 3.48. The Morgan fingerprint density at radius 3 is 2.38 bits per heavy atom. The molecule has 0 aliphatic carbocycles. The van der Waals surface area contributed by atoms with Crippen molar-refractivity contribution >= 4 is 40.5 Å². The van der Waals surface area contributed by atoms with E-state index < -0.39 is 0 Å². The molecule has 0 aliphatic heterocycles. The van der Waals surface area contributed by atoms with E-state index in [-0.39, 0.29) is 5.91 Å². The van der Waals surface area contributed by atoms with Crippen molar-refractivity contribution in [3.05, 3.63) is 58.6 Å². The number of para-hydroxylation sites is 1. The second-order valence-corrected chi connectivity index (χ2v) is 5.49. The largest absolute Gasteiger partial charge is 0.375 e. The first-order valence-corrected chi connectivity index (χ1v) is 7.36. The number of nitrogens with one attached hydrogen (secondary N) is 1. The number of nitrogens with zero attached hydrogens (tertiary/aromatic N) is 1. The molecule has 1 N–H and O–H groups in total. The molecule has 0 atom stereocenters. The van der Waals surface area contributed by atoms with Crippen molar-refractivity contribution in [2.45, 2.75) is 5.88 Å². The van der Waals surface area contributed by atoms with Crippen LogP contribution in [0.3, 0.4) is 0 Å². The highest BCUT2D eigenvalue weighted by Crippen LogP contribution is 2.32. The van der Waals surface area contributed by atoms with E-state index in [9.17, 15) is 4.79 Å². The van der Waals surface area contributed by atoms with Gasteiger partial charge < -0.3 is 10.2 Å². The number of amides is 1. The number of carbonyl (C=O) groups excluding carboxylic acids is 1. The van der Waals surface area contributed by atoms with Gasteiger partial charge in [0.25, 0.3) is 5.91 Å². The molecule has 0 aromatic heterocycles. The number of carbonyl (C=O) groups is 1. The topological polar surface area (TPSA) is 32.3 Å². The van der Waals surface area contributed by atoms with Gasteiger partial charge in [-0.25, -0.2) is 0 Å². The fourth-order valence-corrected chi connectivity index (χ4v) is 2.53. The number of hydrogen-bond acceptors (Lipinski definition) is 2. The number of anilines is 2. The molecule has 2 rings (SSSR count). The van der Waals surface area contributed by atoms with E-state index in [2.05, 4.69) is 5.32 Å². The molecule has 2 aromatic rings. The molecule has 0 spiro atoms. The Kier molecular flexibility index (Phi) is 5.10. The lowest BCUT2D eigenvalue weighted by Gasteiger charge is -2.19. The van der Waals surface area contributed by atoms with Gasteiger partial charge in [-0.05, 0) is 29.8 Å². The molecular formula is C16H16Cl2N2O. The lowest BCUT2D eigenvalue weighted by molar-refractivity contribution is 0.102. The van der Waals surface area contributed by atoms with E-state index in [0.29, 0.717) is 22.2 Å². The average molecular weight is 323 g/mol. The fraction of sp³-hybridized carbons (Fsp3) is 0.188. The molecule has 0 unspecified atom stereocenters. The van der Waals surface area contributed by atoms with Crippen molar-refractivity contribution in [2.24, 2.45) is 0 Å². The van der Waals surface area contributed by atoms with Gasteiger partial charge in [0, 0.05) is 25.5 Å². The third-order valence-corrected chi connectivity index (χ3v) is 3.67. The minimum Gasteiger partial charge on any atom is -0.375 e. The number of rotatable bonds is 4. The zero-order valence-electron chi connectivity index (χ0n) is 11.9. The zero-order chi connectivity index (χ0) is 15.4. The summed E-state index contributed by atoms with van der Waals surface area (Å²) in [6, 6.07) is 12.6. The second kappa shape index (κ2) is 6.83. The van der Waals surface area contributed by atoms with Crippen molar-refractivity contribution in [1.29, 1.82) is 0 Å². The Labute approximate surface area is 134 Å². The summed E-state index contributed by atoms with van der Waals surface area (Å²) in [5.74, 6) is 0.252. The van der Waals surface area contributed by atoms with Gasteiger partial charge in [0.15, 0.2) is 0 Å². The molecule has 3 nitrogen and oxygen atoms in total. The number of alkyl halides is 1. The van der Waals surface area contributed by atoms with Gasteiger partial charge in [0.2, 0.25) is 0 Å². The van der Waals surface area contributed by atoms with Crippen LogP contribution in [0.4, 0.5) is 11.4 Å². The van der Waals surface area contributed by atoms with E-state index in [1.54, 1.807) is 18.2 Å². The smallest absolute Gasteiger partial charge is 0.255 e. The van der Waals surface area contributed by atoms with Crippen molar-refractivity contribution in [3.63, 3.8) is 0 Å². The van der Waals surface area contributed by atoms with Crippen LogP contribution in [-0.2, 0) is 5.88 Å². The van der Waals surface area contributed by atoms with Gasteiger partial charge in [-0.2, -0.15) is 0 Å². The van der Waals surface area contributed by atoms with Crippen LogP contribution in [-0.4, -0.2) is 20.0 Å². The first kappa shape index (κ1) is 15.7. The van der Waals surface area contributed by atoms with E-state index in [0.717, 1.165) is 11.3 Å². The molecule has 0 heterocycles. The average Bonchev–Trinajstić information content (AvgIpc) is 2.47. The third-order valence-electron chi connectivity index (χ3n) is 3.05. The molecule has 0 fully saturated rings. The Morgan fingerprint density at radius 2 is 1.81 bits per heavy atom. The Hall–Kier alpha value is -1.71. The quantitative estimate of drug-likeness (QED) is 0.846.